The van der Waals surface area contributed by atoms with Crippen LogP contribution in [0.2, 0.25) is 5.22 Å². The fourth-order valence-corrected chi connectivity index (χ4v) is 1.65. The highest BCUT2D eigenvalue weighted by Crippen LogP contribution is 2.27. The Morgan fingerprint density at radius 2 is 2.43 bits per heavy atom. The monoisotopic (exact) mass is 213 g/mol. The first-order valence-corrected chi connectivity index (χ1v) is 5.07. The molecular weight excluding hydrogens is 198 g/mol. The van der Waals surface area contributed by atoms with E-state index in [0.29, 0.717) is 5.22 Å². The van der Waals surface area contributed by atoms with Crippen LogP contribution in [0.4, 0.5) is 0 Å². The van der Waals surface area contributed by atoms with Gasteiger partial charge in [-0.1, -0.05) is 5.57 Å². The Morgan fingerprint density at radius 1 is 1.71 bits per heavy atom. The zero-order valence-electron chi connectivity index (χ0n) is 8.64. The second-order valence-corrected chi connectivity index (χ2v) is 3.83. The van der Waals surface area contributed by atoms with E-state index in [-0.39, 0.29) is 6.04 Å². The number of hydrogen-bond acceptors (Lipinski definition) is 2. The van der Waals surface area contributed by atoms with Gasteiger partial charge in [0.1, 0.15) is 0 Å². The maximum Gasteiger partial charge on any atom is 0.197 e. The zero-order valence-corrected chi connectivity index (χ0v) is 9.40. The van der Waals surface area contributed by atoms with Crippen LogP contribution in [0.25, 0.3) is 0 Å². The van der Waals surface area contributed by atoms with Crippen LogP contribution in [0.1, 0.15) is 31.4 Å². The predicted octanol–water partition coefficient (Wildman–Crippen LogP) is 3.55. The normalized spacial score (nSPS) is 12.8. The van der Waals surface area contributed by atoms with Crippen LogP contribution in [-0.2, 0) is 0 Å². The first-order valence-electron chi connectivity index (χ1n) is 4.69. The van der Waals surface area contributed by atoms with E-state index in [1.54, 1.807) is 6.26 Å². The standard InChI is InChI=1S/C11H16ClNO/c1-8(2)4-5-10(13-3)9-6-7-14-11(9)12/h6-7,10,13H,1,4-5H2,2-3H3. The maximum atomic E-state index is 5.90. The number of halogens is 1. The van der Waals surface area contributed by atoms with Crippen molar-refractivity contribution in [3.63, 3.8) is 0 Å². The van der Waals surface area contributed by atoms with Gasteiger partial charge in [0.25, 0.3) is 0 Å². The van der Waals surface area contributed by atoms with E-state index in [1.165, 1.54) is 5.57 Å². The van der Waals surface area contributed by atoms with E-state index in [4.69, 9.17) is 16.0 Å². The first kappa shape index (κ1) is 11.3. The van der Waals surface area contributed by atoms with Crippen molar-refractivity contribution in [2.45, 2.75) is 25.8 Å². The number of nitrogens with one attached hydrogen (secondary N) is 1. The Kier molecular flexibility index (Phi) is 4.23. The SMILES string of the molecule is C=C(C)CCC(NC)c1ccoc1Cl. The summed E-state index contributed by atoms with van der Waals surface area (Å²) in [6.07, 6.45) is 3.60. The Morgan fingerprint density at radius 3 is 2.86 bits per heavy atom. The highest BCUT2D eigenvalue weighted by atomic mass is 35.5. The first-order chi connectivity index (χ1) is 6.65. The minimum Gasteiger partial charge on any atom is -0.453 e. The summed E-state index contributed by atoms with van der Waals surface area (Å²) in [6.45, 7) is 5.91. The molecule has 78 valence electrons. The van der Waals surface area contributed by atoms with Gasteiger partial charge in [-0.2, -0.15) is 0 Å². The molecule has 1 aromatic heterocycles. The van der Waals surface area contributed by atoms with Gasteiger partial charge in [-0.25, -0.2) is 0 Å². The van der Waals surface area contributed by atoms with Gasteiger partial charge in [0.05, 0.1) is 6.26 Å². The summed E-state index contributed by atoms with van der Waals surface area (Å²) in [5, 5.41) is 3.69. The second kappa shape index (κ2) is 5.23. The average molecular weight is 214 g/mol. The Labute approximate surface area is 89.9 Å². The Bertz CT molecular complexity index is 306. The minimum atomic E-state index is 0.248. The maximum absolute atomic E-state index is 5.90. The molecule has 0 aromatic carbocycles. The summed E-state index contributed by atoms with van der Waals surface area (Å²) in [5.41, 5.74) is 2.21. The third-order valence-corrected chi connectivity index (χ3v) is 2.54. The molecule has 0 aliphatic heterocycles. The van der Waals surface area contributed by atoms with Gasteiger partial charge >= 0.3 is 0 Å². The van der Waals surface area contributed by atoms with E-state index in [1.807, 2.05) is 20.0 Å². The van der Waals surface area contributed by atoms with Crippen molar-refractivity contribution in [3.8, 4) is 0 Å². The molecule has 0 amide bonds. The van der Waals surface area contributed by atoms with Crippen LogP contribution in [0.5, 0.6) is 0 Å². The van der Waals surface area contributed by atoms with Gasteiger partial charge in [0.15, 0.2) is 5.22 Å². The molecule has 2 nitrogen and oxygen atoms in total. The van der Waals surface area contributed by atoms with E-state index in [9.17, 15) is 0 Å². The molecule has 0 aliphatic carbocycles. The third kappa shape index (κ3) is 2.89. The summed E-state index contributed by atoms with van der Waals surface area (Å²) in [4.78, 5) is 0. The molecule has 0 bridgehead atoms. The van der Waals surface area contributed by atoms with Crippen molar-refractivity contribution in [3.05, 3.63) is 35.3 Å². The molecular formula is C11H16ClNO. The molecule has 1 heterocycles. The van der Waals surface area contributed by atoms with Crippen molar-refractivity contribution >= 4 is 11.6 Å². The third-order valence-electron chi connectivity index (χ3n) is 2.23. The lowest BCUT2D eigenvalue weighted by Crippen LogP contribution is -2.16. The molecule has 0 saturated heterocycles. The number of furan rings is 1. The minimum absolute atomic E-state index is 0.248. The molecule has 1 unspecified atom stereocenters. The summed E-state index contributed by atoms with van der Waals surface area (Å²) in [7, 11) is 1.92. The van der Waals surface area contributed by atoms with E-state index >= 15 is 0 Å². The lowest BCUT2D eigenvalue weighted by atomic mass is 10.0. The van der Waals surface area contributed by atoms with E-state index in [0.717, 1.165) is 18.4 Å². The van der Waals surface area contributed by atoms with Crippen molar-refractivity contribution in [1.29, 1.82) is 0 Å². The highest BCUT2D eigenvalue weighted by Gasteiger charge is 2.14. The quantitative estimate of drug-likeness (QED) is 0.757. The van der Waals surface area contributed by atoms with Crippen LogP contribution in [0.15, 0.2) is 28.9 Å². The van der Waals surface area contributed by atoms with Crippen molar-refractivity contribution in [2.24, 2.45) is 0 Å². The molecule has 1 aromatic rings. The summed E-state index contributed by atoms with van der Waals surface area (Å²) >= 11 is 5.90. The zero-order chi connectivity index (χ0) is 10.6. The molecule has 0 radical (unpaired) electrons. The summed E-state index contributed by atoms with van der Waals surface area (Å²) in [6, 6.07) is 2.15. The molecule has 0 spiro atoms. The highest BCUT2D eigenvalue weighted by molar-refractivity contribution is 6.29. The number of allylic oxidation sites excluding steroid dienone is 1. The lowest BCUT2D eigenvalue weighted by molar-refractivity contribution is 0.525. The fourth-order valence-electron chi connectivity index (χ4n) is 1.40. The molecule has 0 fully saturated rings. The van der Waals surface area contributed by atoms with Crippen LogP contribution >= 0.6 is 11.6 Å². The smallest absolute Gasteiger partial charge is 0.197 e. The van der Waals surface area contributed by atoms with Gasteiger partial charge in [-0.3, -0.25) is 0 Å². The molecule has 14 heavy (non-hydrogen) atoms. The van der Waals surface area contributed by atoms with Crippen LogP contribution < -0.4 is 5.32 Å². The predicted molar refractivity (Wildman–Crippen MR) is 59.6 cm³/mol. The molecule has 1 atom stereocenters. The number of rotatable bonds is 5. The molecule has 3 heteroatoms. The van der Waals surface area contributed by atoms with Crippen LogP contribution in [0, 0.1) is 0 Å². The van der Waals surface area contributed by atoms with Gasteiger partial charge in [0, 0.05) is 11.6 Å². The lowest BCUT2D eigenvalue weighted by Gasteiger charge is -2.14. The molecule has 1 N–H and O–H groups in total. The van der Waals surface area contributed by atoms with Crippen molar-refractivity contribution < 1.29 is 4.42 Å². The average Bonchev–Trinajstić information content (AvgIpc) is 2.53. The second-order valence-electron chi connectivity index (χ2n) is 3.49. The topological polar surface area (TPSA) is 25.2 Å². The van der Waals surface area contributed by atoms with Crippen LogP contribution in [0.3, 0.4) is 0 Å². The largest absolute Gasteiger partial charge is 0.453 e. The van der Waals surface area contributed by atoms with Gasteiger partial charge in [0.2, 0.25) is 0 Å². The van der Waals surface area contributed by atoms with Gasteiger partial charge in [-0.15, -0.1) is 6.58 Å². The van der Waals surface area contributed by atoms with E-state index < -0.39 is 0 Å². The van der Waals surface area contributed by atoms with Crippen LogP contribution in [-0.4, -0.2) is 7.05 Å². The van der Waals surface area contributed by atoms with Gasteiger partial charge < -0.3 is 9.73 Å². The van der Waals surface area contributed by atoms with E-state index in [2.05, 4.69) is 11.9 Å². The summed E-state index contributed by atoms with van der Waals surface area (Å²) < 4.78 is 5.06. The summed E-state index contributed by atoms with van der Waals surface area (Å²) in [5.74, 6) is 0. The fraction of sp³-hybridized carbons (Fsp3) is 0.455. The Balaban J connectivity index is 2.63. The molecule has 0 aliphatic rings. The van der Waals surface area contributed by atoms with Crippen molar-refractivity contribution in [1.82, 2.24) is 5.32 Å². The number of hydrogen-bond donors (Lipinski definition) is 1. The van der Waals surface area contributed by atoms with Gasteiger partial charge in [-0.05, 0) is 44.5 Å². The van der Waals surface area contributed by atoms with Crippen molar-refractivity contribution in [2.75, 3.05) is 7.05 Å². The molecule has 0 saturated carbocycles. The Hall–Kier alpha value is -0.730. The molecule has 1 rings (SSSR count).